The molecule has 0 spiro atoms. The van der Waals surface area contributed by atoms with Crippen molar-refractivity contribution in [1.82, 2.24) is 0 Å². The summed E-state index contributed by atoms with van der Waals surface area (Å²) in [5.41, 5.74) is 5.84. The Bertz CT molecular complexity index is 122. The van der Waals surface area contributed by atoms with E-state index in [0.29, 0.717) is 13.2 Å². The van der Waals surface area contributed by atoms with Crippen molar-refractivity contribution >= 4 is 0 Å². The zero-order valence-electron chi connectivity index (χ0n) is 9.24. The molecular weight excluding hydrogens is 182 g/mol. The number of nitrogens with two attached hydrogens (primary N) is 1. The van der Waals surface area contributed by atoms with Crippen LogP contribution in [0.1, 0.15) is 26.2 Å². The lowest BCUT2D eigenvalue weighted by Gasteiger charge is -2.21. The zero-order chi connectivity index (χ0) is 10.8. The normalized spacial score (nSPS) is 15.4. The van der Waals surface area contributed by atoms with Crippen molar-refractivity contribution in [3.05, 3.63) is 0 Å². The number of hydrogen-bond donors (Lipinski definition) is 2. The minimum atomic E-state index is -0.230. The summed E-state index contributed by atoms with van der Waals surface area (Å²) in [5.74, 6) is 0. The fourth-order valence-electron chi connectivity index (χ4n) is 1.27. The summed E-state index contributed by atoms with van der Waals surface area (Å²) < 4.78 is 10.3. The predicted octanol–water partition coefficient (Wildman–Crippen LogP) is 0.528. The first kappa shape index (κ1) is 13.8. The van der Waals surface area contributed by atoms with Gasteiger partial charge in [-0.25, -0.2) is 0 Å². The lowest BCUT2D eigenvalue weighted by atomic mass is 10.1. The Morgan fingerprint density at radius 3 is 2.57 bits per heavy atom. The molecule has 3 N–H and O–H groups in total. The fraction of sp³-hybridized carbons (Fsp3) is 1.00. The number of aliphatic hydroxyl groups is 1. The fourth-order valence-corrected chi connectivity index (χ4v) is 1.27. The van der Waals surface area contributed by atoms with Crippen molar-refractivity contribution in [2.24, 2.45) is 5.73 Å². The van der Waals surface area contributed by atoms with E-state index in [1.165, 1.54) is 0 Å². The van der Waals surface area contributed by atoms with Gasteiger partial charge in [0.15, 0.2) is 0 Å². The van der Waals surface area contributed by atoms with Crippen LogP contribution in [-0.2, 0) is 9.47 Å². The quantitative estimate of drug-likeness (QED) is 0.539. The molecule has 4 heteroatoms. The molecule has 0 saturated carbocycles. The average molecular weight is 205 g/mol. The van der Waals surface area contributed by atoms with Gasteiger partial charge in [-0.2, -0.15) is 0 Å². The van der Waals surface area contributed by atoms with Crippen molar-refractivity contribution < 1.29 is 14.6 Å². The van der Waals surface area contributed by atoms with Gasteiger partial charge in [0.25, 0.3) is 0 Å². The van der Waals surface area contributed by atoms with Gasteiger partial charge in [-0.05, 0) is 12.8 Å². The van der Waals surface area contributed by atoms with E-state index in [2.05, 4.69) is 6.92 Å². The zero-order valence-corrected chi connectivity index (χ0v) is 9.24. The molecule has 2 unspecified atom stereocenters. The molecule has 0 amide bonds. The second-order valence-electron chi connectivity index (χ2n) is 3.39. The van der Waals surface area contributed by atoms with Gasteiger partial charge >= 0.3 is 0 Å². The van der Waals surface area contributed by atoms with Crippen LogP contribution < -0.4 is 5.73 Å². The highest BCUT2D eigenvalue weighted by Gasteiger charge is 2.16. The molecule has 0 aliphatic rings. The van der Waals surface area contributed by atoms with E-state index in [0.717, 1.165) is 19.3 Å². The highest BCUT2D eigenvalue weighted by Crippen LogP contribution is 2.04. The Balaban J connectivity index is 3.56. The summed E-state index contributed by atoms with van der Waals surface area (Å²) in [4.78, 5) is 0. The maximum Gasteiger partial charge on any atom is 0.0956 e. The first-order valence-electron chi connectivity index (χ1n) is 5.23. The predicted molar refractivity (Wildman–Crippen MR) is 56.2 cm³/mol. The number of methoxy groups -OCH3 is 1. The Kier molecular flexibility index (Phi) is 9.29. The van der Waals surface area contributed by atoms with Crippen LogP contribution in [-0.4, -0.2) is 44.2 Å². The molecule has 0 fully saturated rings. The monoisotopic (exact) mass is 205 g/mol. The molecule has 0 bridgehead atoms. The molecule has 0 aliphatic heterocycles. The van der Waals surface area contributed by atoms with Gasteiger partial charge < -0.3 is 20.3 Å². The van der Waals surface area contributed by atoms with E-state index in [9.17, 15) is 0 Å². The van der Waals surface area contributed by atoms with E-state index in [1.807, 2.05) is 0 Å². The summed E-state index contributed by atoms with van der Waals surface area (Å²) >= 11 is 0. The first-order chi connectivity index (χ1) is 6.76. The molecule has 14 heavy (non-hydrogen) atoms. The average Bonchev–Trinajstić information content (AvgIpc) is 2.18. The maximum atomic E-state index is 9.04. The number of rotatable bonds is 9. The molecule has 0 aliphatic carbocycles. The Labute approximate surface area is 86.4 Å². The van der Waals surface area contributed by atoms with Gasteiger partial charge in [-0.15, -0.1) is 0 Å². The summed E-state index contributed by atoms with van der Waals surface area (Å²) in [6, 6.07) is -0.0625. The van der Waals surface area contributed by atoms with Gasteiger partial charge in [0.1, 0.15) is 0 Å². The summed E-state index contributed by atoms with van der Waals surface area (Å²) in [5, 5.41) is 9.04. The van der Waals surface area contributed by atoms with Crippen LogP contribution in [0.3, 0.4) is 0 Å². The van der Waals surface area contributed by atoms with Crippen molar-refractivity contribution in [2.45, 2.75) is 38.3 Å². The summed E-state index contributed by atoms with van der Waals surface area (Å²) in [7, 11) is 1.66. The van der Waals surface area contributed by atoms with Crippen LogP contribution in [0.5, 0.6) is 0 Å². The maximum absolute atomic E-state index is 9.04. The SMILES string of the molecule is CCCC(N)C(CO)OCCCOC. The Morgan fingerprint density at radius 1 is 1.36 bits per heavy atom. The number of ether oxygens (including phenoxy) is 2. The largest absolute Gasteiger partial charge is 0.394 e. The van der Waals surface area contributed by atoms with E-state index in [1.54, 1.807) is 7.11 Å². The third-order valence-electron chi connectivity index (χ3n) is 2.10. The van der Waals surface area contributed by atoms with Gasteiger partial charge in [0, 0.05) is 26.4 Å². The molecular formula is C10H23NO3. The lowest BCUT2D eigenvalue weighted by molar-refractivity contribution is -0.0107. The van der Waals surface area contributed by atoms with Crippen LogP contribution in [0.2, 0.25) is 0 Å². The molecule has 86 valence electrons. The van der Waals surface area contributed by atoms with Crippen LogP contribution in [0.4, 0.5) is 0 Å². The topological polar surface area (TPSA) is 64.7 Å². The highest BCUT2D eigenvalue weighted by atomic mass is 16.5. The highest BCUT2D eigenvalue weighted by molar-refractivity contribution is 4.71. The van der Waals surface area contributed by atoms with Crippen LogP contribution >= 0.6 is 0 Å². The van der Waals surface area contributed by atoms with E-state index >= 15 is 0 Å². The van der Waals surface area contributed by atoms with Gasteiger partial charge in [0.2, 0.25) is 0 Å². The van der Waals surface area contributed by atoms with Crippen molar-refractivity contribution in [1.29, 1.82) is 0 Å². The summed E-state index contributed by atoms with van der Waals surface area (Å²) in [6.07, 6.45) is 2.51. The lowest BCUT2D eigenvalue weighted by Crippen LogP contribution is -2.39. The molecule has 0 saturated heterocycles. The molecule has 0 rings (SSSR count). The number of aliphatic hydroxyl groups excluding tert-OH is 1. The van der Waals surface area contributed by atoms with Crippen LogP contribution in [0.25, 0.3) is 0 Å². The number of hydrogen-bond acceptors (Lipinski definition) is 4. The summed E-state index contributed by atoms with van der Waals surface area (Å²) in [6.45, 7) is 3.34. The van der Waals surface area contributed by atoms with Gasteiger partial charge in [0.05, 0.1) is 12.7 Å². The van der Waals surface area contributed by atoms with Crippen LogP contribution in [0, 0.1) is 0 Å². The minimum absolute atomic E-state index is 0.00580. The minimum Gasteiger partial charge on any atom is -0.394 e. The molecule has 0 aromatic heterocycles. The molecule has 4 nitrogen and oxygen atoms in total. The molecule has 0 aromatic carbocycles. The smallest absolute Gasteiger partial charge is 0.0956 e. The van der Waals surface area contributed by atoms with Gasteiger partial charge in [-0.1, -0.05) is 13.3 Å². The Morgan fingerprint density at radius 2 is 2.07 bits per heavy atom. The van der Waals surface area contributed by atoms with E-state index in [-0.39, 0.29) is 18.8 Å². The second-order valence-corrected chi connectivity index (χ2v) is 3.39. The van der Waals surface area contributed by atoms with Gasteiger partial charge in [-0.3, -0.25) is 0 Å². The van der Waals surface area contributed by atoms with E-state index < -0.39 is 0 Å². The molecule has 0 aromatic rings. The van der Waals surface area contributed by atoms with Crippen molar-refractivity contribution in [3.63, 3.8) is 0 Å². The third-order valence-corrected chi connectivity index (χ3v) is 2.10. The molecule has 0 heterocycles. The standard InChI is InChI=1S/C10H23NO3/c1-3-5-9(11)10(8-12)14-7-4-6-13-2/h9-10,12H,3-8,11H2,1-2H3. The second kappa shape index (κ2) is 9.40. The van der Waals surface area contributed by atoms with E-state index in [4.69, 9.17) is 20.3 Å². The molecule has 2 atom stereocenters. The van der Waals surface area contributed by atoms with Crippen molar-refractivity contribution in [2.75, 3.05) is 26.9 Å². The first-order valence-corrected chi connectivity index (χ1v) is 5.23. The molecule has 0 radical (unpaired) electrons. The van der Waals surface area contributed by atoms with Crippen molar-refractivity contribution in [3.8, 4) is 0 Å². The Hall–Kier alpha value is -0.160. The van der Waals surface area contributed by atoms with Crippen LogP contribution in [0.15, 0.2) is 0 Å². The third kappa shape index (κ3) is 6.32.